The van der Waals surface area contributed by atoms with Crippen molar-refractivity contribution >= 4 is 6.02 Å². The van der Waals surface area contributed by atoms with Crippen molar-refractivity contribution in [2.24, 2.45) is 4.99 Å². The van der Waals surface area contributed by atoms with E-state index in [4.69, 9.17) is 4.74 Å². The molecule has 0 N–H and O–H groups in total. The molecule has 1 unspecified atom stereocenters. The number of amidine groups is 1. The number of hydrogen-bond donors (Lipinski definition) is 0. The molecule has 0 amide bonds. The van der Waals surface area contributed by atoms with Crippen LogP contribution in [0.25, 0.3) is 0 Å². The molecule has 1 heterocycles. The van der Waals surface area contributed by atoms with Gasteiger partial charge in [-0.25, -0.2) is 4.99 Å². The second kappa shape index (κ2) is 2.96. The van der Waals surface area contributed by atoms with Crippen LogP contribution in [0.5, 0.6) is 0 Å². The maximum Gasteiger partial charge on any atom is 0.287 e. The Bertz CT molecular complexity index is 197. The summed E-state index contributed by atoms with van der Waals surface area (Å²) in [5, 5.41) is 0. The Labute approximate surface area is 74.4 Å². The standard InChI is InChI=1S/C9H18N2O/c1-7-6-9(2,3)10-8(12-7)11(4)5/h7H,6H2,1-5H3. The van der Waals surface area contributed by atoms with Crippen molar-refractivity contribution in [2.45, 2.75) is 38.8 Å². The fourth-order valence-electron chi connectivity index (χ4n) is 1.46. The summed E-state index contributed by atoms with van der Waals surface area (Å²) < 4.78 is 5.56. The molecule has 0 aliphatic carbocycles. The molecule has 1 atom stereocenters. The van der Waals surface area contributed by atoms with Crippen LogP contribution in [0, 0.1) is 0 Å². The van der Waals surface area contributed by atoms with Crippen molar-refractivity contribution in [3.8, 4) is 0 Å². The molecule has 0 aromatic heterocycles. The Kier molecular flexibility index (Phi) is 2.31. The van der Waals surface area contributed by atoms with E-state index in [2.05, 4.69) is 25.8 Å². The van der Waals surface area contributed by atoms with Gasteiger partial charge in [0, 0.05) is 20.5 Å². The molecule has 0 bridgehead atoms. The van der Waals surface area contributed by atoms with E-state index < -0.39 is 0 Å². The smallest absolute Gasteiger partial charge is 0.287 e. The van der Waals surface area contributed by atoms with Crippen LogP contribution in [0.3, 0.4) is 0 Å². The van der Waals surface area contributed by atoms with Crippen LogP contribution in [-0.4, -0.2) is 36.7 Å². The van der Waals surface area contributed by atoms with E-state index in [9.17, 15) is 0 Å². The summed E-state index contributed by atoms with van der Waals surface area (Å²) in [6, 6.07) is 0.749. The zero-order valence-electron chi connectivity index (χ0n) is 8.59. The number of aliphatic imine (C=N–C) groups is 1. The second-order valence-electron chi connectivity index (χ2n) is 4.23. The normalized spacial score (nSPS) is 27.4. The average Bonchev–Trinajstić information content (AvgIpc) is 1.82. The lowest BCUT2D eigenvalue weighted by atomic mass is 9.97. The predicted molar refractivity (Wildman–Crippen MR) is 50.4 cm³/mol. The summed E-state index contributed by atoms with van der Waals surface area (Å²) in [5.74, 6) is 0. The molecule has 70 valence electrons. The zero-order valence-corrected chi connectivity index (χ0v) is 8.59. The molecule has 0 radical (unpaired) electrons. The third-order valence-corrected chi connectivity index (χ3v) is 1.87. The Hall–Kier alpha value is -0.730. The van der Waals surface area contributed by atoms with Gasteiger partial charge in [0.1, 0.15) is 6.10 Å². The first-order valence-electron chi connectivity index (χ1n) is 4.34. The van der Waals surface area contributed by atoms with Gasteiger partial charge >= 0.3 is 0 Å². The first kappa shape index (κ1) is 9.36. The molecule has 0 spiro atoms. The summed E-state index contributed by atoms with van der Waals surface area (Å²) in [6.45, 7) is 6.35. The fraction of sp³-hybridized carbons (Fsp3) is 0.889. The van der Waals surface area contributed by atoms with Crippen LogP contribution in [0.4, 0.5) is 0 Å². The van der Waals surface area contributed by atoms with Crippen LogP contribution >= 0.6 is 0 Å². The van der Waals surface area contributed by atoms with Crippen molar-refractivity contribution in [1.82, 2.24) is 4.90 Å². The van der Waals surface area contributed by atoms with Gasteiger partial charge in [-0.2, -0.15) is 0 Å². The molecule has 0 aromatic carbocycles. The quantitative estimate of drug-likeness (QED) is 0.550. The van der Waals surface area contributed by atoms with E-state index in [-0.39, 0.29) is 11.6 Å². The summed E-state index contributed by atoms with van der Waals surface area (Å²) in [7, 11) is 3.90. The second-order valence-corrected chi connectivity index (χ2v) is 4.23. The predicted octanol–water partition coefficient (Wildman–Crippen LogP) is 1.49. The van der Waals surface area contributed by atoms with Crippen molar-refractivity contribution in [2.75, 3.05) is 14.1 Å². The molecular weight excluding hydrogens is 152 g/mol. The Balaban J connectivity index is 2.80. The summed E-state index contributed by atoms with van der Waals surface area (Å²) in [4.78, 5) is 6.40. The highest BCUT2D eigenvalue weighted by Gasteiger charge is 2.28. The molecule has 1 aliphatic rings. The van der Waals surface area contributed by atoms with Gasteiger partial charge in [-0.15, -0.1) is 0 Å². The van der Waals surface area contributed by atoms with E-state index in [0.717, 1.165) is 12.4 Å². The van der Waals surface area contributed by atoms with Gasteiger partial charge in [0.15, 0.2) is 0 Å². The van der Waals surface area contributed by atoms with Gasteiger partial charge in [-0.1, -0.05) is 0 Å². The zero-order chi connectivity index (χ0) is 9.35. The summed E-state index contributed by atoms with van der Waals surface area (Å²) >= 11 is 0. The van der Waals surface area contributed by atoms with Crippen molar-refractivity contribution in [1.29, 1.82) is 0 Å². The van der Waals surface area contributed by atoms with E-state index in [1.54, 1.807) is 0 Å². The maximum absolute atomic E-state index is 5.56. The minimum absolute atomic E-state index is 0.0251. The van der Waals surface area contributed by atoms with Crippen LogP contribution in [-0.2, 0) is 4.74 Å². The van der Waals surface area contributed by atoms with Gasteiger partial charge in [0.25, 0.3) is 6.02 Å². The lowest BCUT2D eigenvalue weighted by Gasteiger charge is -2.33. The van der Waals surface area contributed by atoms with Crippen LogP contribution in [0.15, 0.2) is 4.99 Å². The Morgan fingerprint density at radius 1 is 1.50 bits per heavy atom. The van der Waals surface area contributed by atoms with Crippen molar-refractivity contribution in [3.05, 3.63) is 0 Å². The van der Waals surface area contributed by atoms with Gasteiger partial charge in [-0.3, -0.25) is 0 Å². The molecule has 3 nitrogen and oxygen atoms in total. The Morgan fingerprint density at radius 3 is 2.50 bits per heavy atom. The summed E-state index contributed by atoms with van der Waals surface area (Å²) in [5.41, 5.74) is 0.0251. The molecular formula is C9H18N2O. The highest BCUT2D eigenvalue weighted by molar-refractivity contribution is 5.74. The average molecular weight is 170 g/mol. The highest BCUT2D eigenvalue weighted by Crippen LogP contribution is 2.23. The first-order valence-corrected chi connectivity index (χ1v) is 4.34. The topological polar surface area (TPSA) is 24.8 Å². The maximum atomic E-state index is 5.56. The van der Waals surface area contributed by atoms with Crippen LogP contribution < -0.4 is 0 Å². The molecule has 1 rings (SSSR count). The van der Waals surface area contributed by atoms with Gasteiger partial charge in [-0.05, 0) is 20.8 Å². The molecule has 0 saturated heterocycles. The van der Waals surface area contributed by atoms with E-state index >= 15 is 0 Å². The third-order valence-electron chi connectivity index (χ3n) is 1.87. The highest BCUT2D eigenvalue weighted by atomic mass is 16.5. The minimum atomic E-state index is 0.0251. The third kappa shape index (κ3) is 2.13. The SMILES string of the molecule is CC1CC(C)(C)N=C(N(C)C)O1. The molecule has 12 heavy (non-hydrogen) atoms. The fourth-order valence-corrected chi connectivity index (χ4v) is 1.46. The number of ether oxygens (including phenoxy) is 1. The number of nitrogens with zero attached hydrogens (tertiary/aromatic N) is 2. The molecule has 0 fully saturated rings. The van der Waals surface area contributed by atoms with Crippen LogP contribution in [0.1, 0.15) is 27.2 Å². The van der Waals surface area contributed by atoms with Crippen LogP contribution in [0.2, 0.25) is 0 Å². The largest absolute Gasteiger partial charge is 0.462 e. The molecule has 3 heteroatoms. The van der Waals surface area contributed by atoms with Gasteiger partial charge in [0.05, 0.1) is 5.54 Å². The van der Waals surface area contributed by atoms with E-state index in [1.165, 1.54) is 0 Å². The van der Waals surface area contributed by atoms with Gasteiger partial charge < -0.3 is 9.64 Å². The van der Waals surface area contributed by atoms with Crippen molar-refractivity contribution in [3.63, 3.8) is 0 Å². The lowest BCUT2D eigenvalue weighted by molar-refractivity contribution is 0.119. The lowest BCUT2D eigenvalue weighted by Crippen LogP contribution is -2.39. The van der Waals surface area contributed by atoms with E-state index in [0.29, 0.717) is 0 Å². The molecule has 1 aliphatic heterocycles. The monoisotopic (exact) mass is 170 g/mol. The van der Waals surface area contributed by atoms with E-state index in [1.807, 2.05) is 19.0 Å². The minimum Gasteiger partial charge on any atom is -0.462 e. The number of hydrogen-bond acceptors (Lipinski definition) is 3. The summed E-state index contributed by atoms with van der Waals surface area (Å²) in [6.07, 6.45) is 1.26. The van der Waals surface area contributed by atoms with Crippen molar-refractivity contribution < 1.29 is 4.74 Å². The number of rotatable bonds is 0. The first-order chi connectivity index (χ1) is 5.41. The molecule has 0 saturated carbocycles. The Morgan fingerprint density at radius 2 is 2.08 bits per heavy atom. The van der Waals surface area contributed by atoms with Gasteiger partial charge in [0.2, 0.25) is 0 Å². The molecule has 0 aromatic rings.